The molecule has 0 saturated carbocycles. The number of pyridine rings is 1. The van der Waals surface area contributed by atoms with Gasteiger partial charge in [0.05, 0.1) is 91.3 Å². The van der Waals surface area contributed by atoms with Crippen molar-refractivity contribution >= 4 is 140 Å². The van der Waals surface area contributed by atoms with Crippen LogP contribution in [0.3, 0.4) is 0 Å². The first-order valence-corrected chi connectivity index (χ1v) is 36.2. The number of nitro benzene ring substituents is 1. The third-order valence-electron chi connectivity index (χ3n) is 11.1. The van der Waals surface area contributed by atoms with Gasteiger partial charge in [0.15, 0.2) is 16.5 Å². The number of hydrogen-bond acceptors (Lipinski definition) is 27. The molecule has 7 N–H and O–H groups in total. The maximum Gasteiger partial charge on any atom is 0.416 e. The zero-order valence-corrected chi connectivity index (χ0v) is 61.8. The average molecular weight is 1580 g/mol. The molecule has 2 atom stereocenters. The summed E-state index contributed by atoms with van der Waals surface area (Å²) in [5, 5.41) is 28.6. The van der Waals surface area contributed by atoms with Crippen molar-refractivity contribution in [3.05, 3.63) is 122 Å². The maximum absolute atomic E-state index is 12.7. The largest absolute Gasteiger partial charge is 0.778 e. The fourth-order valence-electron chi connectivity index (χ4n) is 7.12. The minimum absolute atomic E-state index is 0.0493. The number of nitrogens with one attached hydrogen (secondary N) is 5. The molecule has 1 aliphatic heterocycles. The number of carbonyl (C=O) groups excluding carboxylic acids is 5. The van der Waals surface area contributed by atoms with Crippen LogP contribution in [0, 0.1) is 10.1 Å². The molecule has 44 heteroatoms. The zero-order valence-electron chi connectivity index (χ0n) is 56.2. The van der Waals surface area contributed by atoms with Crippen LogP contribution in [0.5, 0.6) is 29.0 Å². The van der Waals surface area contributed by atoms with E-state index in [1.165, 1.54) is 64.5 Å². The molecule has 0 aliphatic carbocycles. The Morgan fingerprint density at radius 3 is 2.03 bits per heavy atom. The third kappa shape index (κ3) is 32.4. The molecule has 4 amide bonds. The van der Waals surface area contributed by atoms with Gasteiger partial charge in [-0.05, 0) is 106 Å². The number of nitro groups is 1. The first-order chi connectivity index (χ1) is 47.6. The predicted molar refractivity (Wildman–Crippen MR) is 371 cm³/mol. The molecular formula is C58H72Cl4F3N14O20PS2. The van der Waals surface area contributed by atoms with E-state index in [4.69, 9.17) is 80.1 Å². The second-order valence-electron chi connectivity index (χ2n) is 20.5. The Balaban J connectivity index is 0.000000449. The number of nitrogens with zero attached hydrogens (tertiary/aromatic N) is 9. The van der Waals surface area contributed by atoms with Crippen molar-refractivity contribution in [1.82, 2.24) is 44.8 Å². The van der Waals surface area contributed by atoms with Gasteiger partial charge in [0.2, 0.25) is 34.9 Å². The van der Waals surface area contributed by atoms with Crippen molar-refractivity contribution < 1.29 is 103 Å². The van der Waals surface area contributed by atoms with E-state index < -0.39 is 105 Å². The van der Waals surface area contributed by atoms with Gasteiger partial charge in [0.1, 0.15) is 37.0 Å². The molecule has 7 rings (SSSR count). The van der Waals surface area contributed by atoms with Crippen molar-refractivity contribution in [2.75, 3.05) is 107 Å². The number of para-hydroxylation sites is 2. The number of rotatable bonds is 22. The van der Waals surface area contributed by atoms with Crippen molar-refractivity contribution in [2.45, 2.75) is 62.7 Å². The van der Waals surface area contributed by atoms with Crippen molar-refractivity contribution in [2.24, 2.45) is 0 Å². The predicted octanol–water partition coefficient (Wildman–Crippen LogP) is 7.92. The molecule has 102 heavy (non-hydrogen) atoms. The van der Waals surface area contributed by atoms with Crippen LogP contribution in [0.2, 0.25) is 10.3 Å². The number of alkyl halides is 5. The number of fused-ring (bicyclic) bond motifs is 1. The van der Waals surface area contributed by atoms with E-state index in [1.54, 1.807) is 9.62 Å². The molecule has 6 aromatic rings. The Hall–Kier alpha value is -8.92. The highest BCUT2D eigenvalue weighted by atomic mass is 35.5. The highest BCUT2D eigenvalue weighted by molar-refractivity contribution is 7.94. The normalized spacial score (nSPS) is 12.5. The van der Waals surface area contributed by atoms with Gasteiger partial charge in [-0.1, -0.05) is 46.9 Å². The topological polar surface area (TPSA) is 460 Å². The second-order valence-corrected chi connectivity index (χ2v) is 28.0. The molecule has 0 spiro atoms. The first-order valence-electron chi connectivity index (χ1n) is 28.9. The maximum atomic E-state index is 12.7. The highest BCUT2D eigenvalue weighted by Gasteiger charge is 2.34. The Bertz CT molecular complexity index is 3970. The van der Waals surface area contributed by atoms with Crippen LogP contribution in [-0.4, -0.2) is 197 Å². The number of amides is 4. The summed E-state index contributed by atoms with van der Waals surface area (Å²) in [5.74, 6) is -2.83. The number of hydrogen-bond donors (Lipinski definition) is 7. The Labute approximate surface area is 605 Å². The van der Waals surface area contributed by atoms with Crippen LogP contribution >= 0.6 is 54.0 Å². The molecule has 4 heterocycles. The van der Waals surface area contributed by atoms with Crippen LogP contribution in [0.4, 0.5) is 47.2 Å². The average Bonchev–Trinajstić information content (AvgIpc) is 0.815. The number of ether oxygens (including phenoxy) is 6. The number of aromatic nitrogens is 6. The van der Waals surface area contributed by atoms with Gasteiger partial charge in [-0.2, -0.15) is 46.5 Å². The molecule has 560 valence electrons. The van der Waals surface area contributed by atoms with E-state index in [1.807, 2.05) is 57.3 Å². The summed E-state index contributed by atoms with van der Waals surface area (Å²) < 4.78 is 105. The van der Waals surface area contributed by atoms with Gasteiger partial charge in [-0.15, -0.1) is 0 Å². The van der Waals surface area contributed by atoms with Crippen LogP contribution in [0.15, 0.2) is 90.1 Å². The first kappa shape index (κ1) is 89.2. The van der Waals surface area contributed by atoms with Crippen molar-refractivity contribution in [3.63, 3.8) is 0 Å². The summed E-state index contributed by atoms with van der Waals surface area (Å²) in [4.78, 5) is 123. The smallest absolute Gasteiger partial charge is 0.416 e. The number of carboxylic acids is 1. The standard InChI is InChI=1S/C18H13ClF3NO7.C15H18N6O6S.C11H11Cl2NO2.C8H14ClN5.C3H8NO5P.C3H9S/c1-2-28-16(24)9-29-17(25)12-8-11(4-5-14(12)23(26)27)30-15-6-3-10(7-13(15)19)18(20,21)22;1-21(2)13(22)9-6-5-7-16-12(9)28(24,25)20-15(23)19-14-17-10(26-3)8-11(18-14)27-4;1-7-6-16-9-5-3-2-4-8(9)14(7)11(15)10(12)13;1-4-10-7-12-6(9)13-8(14-7)11-5(2)3;5-3(6)1-4-2-10(7,8)9;1-4(2)3/h3-8H,2,9H2,1H3;5-8H,1-4H3,(H2,17,18,19,20,23);2-5,7,10H,6H2,1H3;5H,4H2,1-3H3,(H2,10,11,12,13,14);4H,1-2H2,(H,5,6)(H2,7,8,9);1-3H3/q;;;;;+1/p-1. The quantitative estimate of drug-likeness (QED) is 0.00847. The van der Waals surface area contributed by atoms with E-state index in [9.17, 15) is 69.9 Å². The van der Waals surface area contributed by atoms with Crippen LogP contribution in [0.1, 0.15) is 60.9 Å². The van der Waals surface area contributed by atoms with E-state index >= 15 is 0 Å². The number of carboxylic acid groups (broad SMARTS) is 1. The Kier molecular flexibility index (Phi) is 37.7. The molecule has 3 aromatic carbocycles. The summed E-state index contributed by atoms with van der Waals surface area (Å²) in [6.07, 6.45) is 2.46. The minimum atomic E-state index is -4.61. The number of benzene rings is 3. The summed E-state index contributed by atoms with van der Waals surface area (Å²) in [5.41, 5.74) is -1.63. The molecule has 1 aliphatic rings. The third-order valence-corrected chi connectivity index (χ3v) is 13.9. The number of urea groups is 1. The van der Waals surface area contributed by atoms with E-state index in [0.717, 1.165) is 42.6 Å². The monoisotopic (exact) mass is 1580 g/mol. The number of aliphatic carboxylic acids is 1. The summed E-state index contributed by atoms with van der Waals surface area (Å²) in [6.45, 7) is 9.41. The van der Waals surface area contributed by atoms with Gasteiger partial charge >= 0.3 is 30.1 Å². The van der Waals surface area contributed by atoms with Gasteiger partial charge < -0.3 is 68.3 Å². The molecule has 0 bridgehead atoms. The molecule has 0 fully saturated rings. The Morgan fingerprint density at radius 1 is 0.882 bits per heavy atom. The lowest BCUT2D eigenvalue weighted by Crippen LogP contribution is -2.47. The van der Waals surface area contributed by atoms with Crippen LogP contribution in [0.25, 0.3) is 0 Å². The van der Waals surface area contributed by atoms with E-state index in [-0.39, 0.29) is 69.7 Å². The number of carbonyl (C=O) groups is 6. The van der Waals surface area contributed by atoms with Gasteiger partial charge in [-0.25, -0.2) is 24.1 Å². The van der Waals surface area contributed by atoms with Gasteiger partial charge in [0, 0.05) is 45.0 Å². The number of methoxy groups -OCH3 is 2. The molecule has 34 nitrogen and oxygen atoms in total. The summed E-state index contributed by atoms with van der Waals surface area (Å²) in [6, 6.07) is 15.8. The fraction of sp³-hybridized carbons (Fsp3) is 0.379. The molecule has 2 unspecified atom stereocenters. The van der Waals surface area contributed by atoms with Gasteiger partial charge in [0.25, 0.3) is 27.5 Å². The number of sulfonamides is 1. The lowest BCUT2D eigenvalue weighted by Gasteiger charge is -2.35. The second kappa shape index (κ2) is 43.1. The van der Waals surface area contributed by atoms with E-state index in [0.29, 0.717) is 41.2 Å². The minimum Gasteiger partial charge on any atom is -0.778 e. The van der Waals surface area contributed by atoms with Gasteiger partial charge in [-0.3, -0.25) is 35.1 Å². The van der Waals surface area contributed by atoms with Crippen LogP contribution < -0.4 is 54.7 Å². The lowest BCUT2D eigenvalue weighted by molar-refractivity contribution is -0.385. The highest BCUT2D eigenvalue weighted by Crippen LogP contribution is 2.38. The zero-order chi connectivity index (χ0) is 77.4. The molecule has 3 aromatic heterocycles. The SMILES string of the molecule is CC1COc2ccccc2N1C(=O)C(Cl)Cl.CCNc1nc(Cl)nc(NC(C)C)n1.CCOC(=O)COC(=O)c1cc(Oc2ccc(C(F)(F)F)cc2Cl)ccc1[N+](=O)[O-].COc1cc(OC)nc(NC(=O)NS(=O)(=O)c2ncccc2C(=O)N(C)C)n1.C[S+](C)C.O=C(O)CNCP(=O)([O-])O. The fourth-order valence-corrected chi connectivity index (χ4v) is 9.14. The van der Waals surface area contributed by atoms with E-state index in [2.05, 4.69) is 69.4 Å². The summed E-state index contributed by atoms with van der Waals surface area (Å²) in [7, 11) is -2.56. The molecule has 0 saturated heterocycles. The number of anilines is 4. The lowest BCUT2D eigenvalue weighted by atomic mass is 10.1. The molecular weight excluding hydrogens is 1510 g/mol. The Morgan fingerprint density at radius 2 is 1.50 bits per heavy atom. The van der Waals surface area contributed by atoms with Crippen molar-refractivity contribution in [3.8, 4) is 29.0 Å². The number of halogens is 7. The van der Waals surface area contributed by atoms with Crippen molar-refractivity contribution in [1.29, 1.82) is 0 Å². The number of esters is 2. The molecule has 0 radical (unpaired) electrons. The van der Waals surface area contributed by atoms with Crippen LogP contribution in [-0.2, 0) is 55.5 Å². The summed E-state index contributed by atoms with van der Waals surface area (Å²) >= 11 is 22.8.